The Balaban J connectivity index is 4.09. The van der Waals surface area contributed by atoms with E-state index in [4.69, 9.17) is 4.74 Å². The average molecular weight is 265 g/mol. The first-order valence-corrected chi connectivity index (χ1v) is 6.55. The summed E-state index contributed by atoms with van der Waals surface area (Å²) in [6, 6.07) is 0. The molecule has 0 rings (SSSR count). The van der Waals surface area contributed by atoms with Crippen molar-refractivity contribution in [3.63, 3.8) is 0 Å². The second-order valence-electron chi connectivity index (χ2n) is 4.93. The summed E-state index contributed by atoms with van der Waals surface area (Å²) in [6.45, 7) is 13.2. The lowest BCUT2D eigenvalue weighted by Gasteiger charge is -2.28. The normalized spacial score (nSPS) is 18.6. The third-order valence-electron chi connectivity index (χ3n) is 2.48. The van der Waals surface area contributed by atoms with Crippen LogP contribution in [0, 0.1) is 11.8 Å². The van der Waals surface area contributed by atoms with Crippen molar-refractivity contribution in [2.75, 3.05) is 0 Å². The number of rotatable bonds is 6. The Morgan fingerprint density at radius 3 is 1.79 bits per heavy atom. The summed E-state index contributed by atoms with van der Waals surface area (Å²) in [6.07, 6.45) is 1.84. The van der Waals surface area contributed by atoms with E-state index >= 15 is 0 Å². The number of ether oxygens (including phenoxy) is 1. The lowest BCUT2D eigenvalue weighted by Crippen LogP contribution is -2.30. The van der Waals surface area contributed by atoms with Crippen LogP contribution in [0.1, 0.15) is 48.0 Å². The molecule has 0 aromatic heterocycles. The molecule has 0 radical (unpaired) electrons. The number of alkyl halides is 1. The fourth-order valence-electron chi connectivity index (χ4n) is 1.33. The molecule has 0 bridgehead atoms. The van der Waals surface area contributed by atoms with Crippen LogP contribution in [0.2, 0.25) is 0 Å². The third kappa shape index (κ3) is 6.02. The molecule has 0 amide bonds. The molecule has 0 aliphatic rings. The van der Waals surface area contributed by atoms with Gasteiger partial charge in [-0.2, -0.15) is 0 Å². The standard InChI is InChI=1S/C12H25BrO/c1-8(2)7-12(9(3)4)14-11(6)10(5)13/h8-12H,7H2,1-6H3/t10-,11+,12+/m1/s1. The molecule has 0 saturated carbocycles. The van der Waals surface area contributed by atoms with Gasteiger partial charge in [0.25, 0.3) is 0 Å². The number of hydrogen-bond acceptors (Lipinski definition) is 1. The van der Waals surface area contributed by atoms with Crippen LogP contribution in [0.3, 0.4) is 0 Å². The van der Waals surface area contributed by atoms with Crippen LogP contribution in [-0.2, 0) is 4.74 Å². The molecule has 86 valence electrons. The van der Waals surface area contributed by atoms with Gasteiger partial charge in [0.1, 0.15) is 0 Å². The predicted molar refractivity (Wildman–Crippen MR) is 67.0 cm³/mol. The Labute approximate surface area is 97.7 Å². The van der Waals surface area contributed by atoms with Gasteiger partial charge in [0.05, 0.1) is 12.2 Å². The lowest BCUT2D eigenvalue weighted by atomic mass is 9.97. The van der Waals surface area contributed by atoms with E-state index in [0.717, 1.165) is 6.42 Å². The molecular weight excluding hydrogens is 240 g/mol. The summed E-state index contributed by atoms with van der Waals surface area (Å²) < 4.78 is 6.04. The highest BCUT2D eigenvalue weighted by Crippen LogP contribution is 2.20. The molecule has 0 N–H and O–H groups in total. The van der Waals surface area contributed by atoms with Crippen LogP contribution in [0.4, 0.5) is 0 Å². The SMILES string of the molecule is CC(C)C[C@H](O[C@@H](C)[C@@H](C)Br)C(C)C. The molecular formula is C12H25BrO. The van der Waals surface area contributed by atoms with E-state index in [2.05, 4.69) is 57.5 Å². The number of hydrogen-bond donors (Lipinski definition) is 0. The summed E-state index contributed by atoms with van der Waals surface area (Å²) in [5.41, 5.74) is 0. The Kier molecular flexibility index (Phi) is 7.05. The zero-order chi connectivity index (χ0) is 11.3. The summed E-state index contributed by atoms with van der Waals surface area (Å²) in [7, 11) is 0. The molecule has 14 heavy (non-hydrogen) atoms. The molecule has 2 heteroatoms. The lowest BCUT2D eigenvalue weighted by molar-refractivity contribution is -0.0350. The zero-order valence-corrected chi connectivity index (χ0v) is 12.0. The summed E-state index contributed by atoms with van der Waals surface area (Å²) >= 11 is 3.56. The highest BCUT2D eigenvalue weighted by atomic mass is 79.9. The van der Waals surface area contributed by atoms with E-state index in [1.807, 2.05) is 0 Å². The largest absolute Gasteiger partial charge is 0.374 e. The van der Waals surface area contributed by atoms with E-state index in [1.165, 1.54) is 0 Å². The van der Waals surface area contributed by atoms with Crippen molar-refractivity contribution in [2.24, 2.45) is 11.8 Å². The van der Waals surface area contributed by atoms with E-state index in [9.17, 15) is 0 Å². The van der Waals surface area contributed by atoms with E-state index in [-0.39, 0.29) is 0 Å². The first-order valence-electron chi connectivity index (χ1n) is 5.64. The Hall–Kier alpha value is 0.440. The molecule has 0 aromatic rings. The first-order chi connectivity index (χ1) is 6.34. The van der Waals surface area contributed by atoms with Gasteiger partial charge in [-0.3, -0.25) is 0 Å². The molecule has 0 spiro atoms. The molecule has 0 heterocycles. The molecule has 0 aliphatic carbocycles. The van der Waals surface area contributed by atoms with Gasteiger partial charge in [-0.15, -0.1) is 0 Å². The fraction of sp³-hybridized carbons (Fsp3) is 1.00. The quantitative estimate of drug-likeness (QED) is 0.652. The predicted octanol–water partition coefficient (Wildman–Crippen LogP) is 4.25. The van der Waals surface area contributed by atoms with Crippen molar-refractivity contribution in [1.82, 2.24) is 0 Å². The van der Waals surface area contributed by atoms with E-state index < -0.39 is 0 Å². The molecule has 0 fully saturated rings. The van der Waals surface area contributed by atoms with Crippen LogP contribution >= 0.6 is 15.9 Å². The maximum absolute atomic E-state index is 6.04. The first kappa shape index (κ1) is 14.4. The minimum Gasteiger partial charge on any atom is -0.374 e. The molecule has 0 saturated heterocycles. The summed E-state index contributed by atoms with van der Waals surface area (Å²) in [5, 5.41) is 0. The average Bonchev–Trinajstić information content (AvgIpc) is 2.01. The smallest absolute Gasteiger partial charge is 0.0673 e. The van der Waals surface area contributed by atoms with Crippen LogP contribution in [0.25, 0.3) is 0 Å². The van der Waals surface area contributed by atoms with Crippen LogP contribution < -0.4 is 0 Å². The molecule has 1 nitrogen and oxygen atoms in total. The Morgan fingerprint density at radius 2 is 1.50 bits per heavy atom. The van der Waals surface area contributed by atoms with Gasteiger partial charge < -0.3 is 4.74 Å². The second kappa shape index (κ2) is 6.84. The van der Waals surface area contributed by atoms with Crippen molar-refractivity contribution in [2.45, 2.75) is 65.0 Å². The summed E-state index contributed by atoms with van der Waals surface area (Å²) in [4.78, 5) is 0.427. The third-order valence-corrected chi connectivity index (χ3v) is 3.23. The zero-order valence-electron chi connectivity index (χ0n) is 10.4. The minimum atomic E-state index is 0.293. The van der Waals surface area contributed by atoms with E-state index in [0.29, 0.717) is 28.9 Å². The van der Waals surface area contributed by atoms with Gasteiger partial charge in [-0.1, -0.05) is 50.5 Å². The topological polar surface area (TPSA) is 9.23 Å². The van der Waals surface area contributed by atoms with Gasteiger partial charge in [0, 0.05) is 4.83 Å². The van der Waals surface area contributed by atoms with Crippen LogP contribution in [0.5, 0.6) is 0 Å². The Morgan fingerprint density at radius 1 is 1.00 bits per heavy atom. The van der Waals surface area contributed by atoms with Crippen molar-refractivity contribution in [1.29, 1.82) is 0 Å². The maximum Gasteiger partial charge on any atom is 0.0673 e. The van der Waals surface area contributed by atoms with Gasteiger partial charge in [-0.25, -0.2) is 0 Å². The van der Waals surface area contributed by atoms with Crippen molar-refractivity contribution in [3.05, 3.63) is 0 Å². The number of halogens is 1. The van der Waals surface area contributed by atoms with Crippen molar-refractivity contribution >= 4 is 15.9 Å². The van der Waals surface area contributed by atoms with Crippen LogP contribution in [0.15, 0.2) is 0 Å². The molecule has 0 unspecified atom stereocenters. The van der Waals surface area contributed by atoms with Crippen LogP contribution in [-0.4, -0.2) is 17.0 Å². The van der Waals surface area contributed by atoms with Gasteiger partial charge in [0.2, 0.25) is 0 Å². The molecule has 0 aliphatic heterocycles. The highest BCUT2D eigenvalue weighted by molar-refractivity contribution is 9.09. The fourth-order valence-corrected chi connectivity index (χ4v) is 1.46. The monoisotopic (exact) mass is 264 g/mol. The van der Waals surface area contributed by atoms with Gasteiger partial charge in [-0.05, 0) is 25.2 Å². The maximum atomic E-state index is 6.04. The Bertz CT molecular complexity index is 143. The minimum absolute atomic E-state index is 0.293. The van der Waals surface area contributed by atoms with Crippen molar-refractivity contribution in [3.8, 4) is 0 Å². The molecule has 3 atom stereocenters. The highest BCUT2D eigenvalue weighted by Gasteiger charge is 2.20. The van der Waals surface area contributed by atoms with Crippen molar-refractivity contribution < 1.29 is 4.74 Å². The van der Waals surface area contributed by atoms with Gasteiger partial charge in [0.15, 0.2) is 0 Å². The summed E-state index contributed by atoms with van der Waals surface area (Å²) in [5.74, 6) is 1.31. The van der Waals surface area contributed by atoms with E-state index in [1.54, 1.807) is 0 Å². The molecule has 0 aromatic carbocycles. The second-order valence-corrected chi connectivity index (χ2v) is 6.38. The van der Waals surface area contributed by atoms with Gasteiger partial charge >= 0.3 is 0 Å².